The summed E-state index contributed by atoms with van der Waals surface area (Å²) in [6.45, 7) is 1.08. The number of benzene rings is 1. The highest BCUT2D eigenvalue weighted by atomic mass is 32.1. The number of carbonyl (C=O) groups excluding carboxylic acids is 1. The van der Waals surface area contributed by atoms with Crippen molar-refractivity contribution in [2.75, 3.05) is 11.9 Å². The van der Waals surface area contributed by atoms with Crippen molar-refractivity contribution in [3.05, 3.63) is 65.4 Å². The van der Waals surface area contributed by atoms with Crippen molar-refractivity contribution in [1.29, 1.82) is 0 Å². The molecule has 0 unspecified atom stereocenters. The first kappa shape index (κ1) is 15.9. The SMILES string of the molecule is O=C(/C=C/c1ccsc1)Nc1cccc(OCCn2cncn2)c1. The lowest BCUT2D eigenvalue weighted by molar-refractivity contribution is -0.111. The molecule has 0 atom stereocenters. The van der Waals surface area contributed by atoms with Crippen LogP contribution in [0.3, 0.4) is 0 Å². The number of rotatable bonds is 7. The molecule has 122 valence electrons. The van der Waals surface area contributed by atoms with Crippen molar-refractivity contribution < 1.29 is 9.53 Å². The number of ether oxygens (including phenoxy) is 1. The molecule has 0 radical (unpaired) electrons. The van der Waals surface area contributed by atoms with Crippen LogP contribution in [0.15, 0.2) is 59.8 Å². The summed E-state index contributed by atoms with van der Waals surface area (Å²) in [5.41, 5.74) is 1.70. The molecule has 2 heterocycles. The summed E-state index contributed by atoms with van der Waals surface area (Å²) in [5, 5.41) is 10.8. The van der Waals surface area contributed by atoms with Gasteiger partial charge in [0.1, 0.15) is 25.0 Å². The van der Waals surface area contributed by atoms with Crippen LogP contribution in [-0.2, 0) is 11.3 Å². The fourth-order valence-electron chi connectivity index (χ4n) is 1.99. The lowest BCUT2D eigenvalue weighted by Gasteiger charge is -2.08. The molecule has 0 spiro atoms. The largest absolute Gasteiger partial charge is 0.492 e. The Kier molecular flexibility index (Phi) is 5.36. The van der Waals surface area contributed by atoms with E-state index in [9.17, 15) is 4.79 Å². The number of hydrogen-bond donors (Lipinski definition) is 1. The van der Waals surface area contributed by atoms with E-state index in [1.807, 2.05) is 35.0 Å². The van der Waals surface area contributed by atoms with E-state index in [0.29, 0.717) is 24.6 Å². The van der Waals surface area contributed by atoms with Crippen LogP contribution in [-0.4, -0.2) is 27.3 Å². The molecule has 1 N–H and O–H groups in total. The first-order valence-electron chi connectivity index (χ1n) is 7.36. The monoisotopic (exact) mass is 340 g/mol. The number of anilines is 1. The summed E-state index contributed by atoms with van der Waals surface area (Å²) < 4.78 is 7.36. The molecule has 0 fully saturated rings. The summed E-state index contributed by atoms with van der Waals surface area (Å²) >= 11 is 1.59. The van der Waals surface area contributed by atoms with E-state index in [1.54, 1.807) is 34.5 Å². The van der Waals surface area contributed by atoms with E-state index in [4.69, 9.17) is 4.74 Å². The van der Waals surface area contributed by atoms with Gasteiger partial charge < -0.3 is 10.1 Å². The highest BCUT2D eigenvalue weighted by Crippen LogP contribution is 2.17. The molecule has 24 heavy (non-hydrogen) atoms. The third-order valence-corrected chi connectivity index (χ3v) is 3.83. The van der Waals surface area contributed by atoms with Crippen LogP contribution >= 0.6 is 11.3 Å². The maximum Gasteiger partial charge on any atom is 0.248 e. The second-order valence-electron chi connectivity index (χ2n) is 4.91. The van der Waals surface area contributed by atoms with Crippen LogP contribution in [0.2, 0.25) is 0 Å². The summed E-state index contributed by atoms with van der Waals surface area (Å²) in [5.74, 6) is 0.510. The average Bonchev–Trinajstić information content (AvgIpc) is 3.27. The van der Waals surface area contributed by atoms with Crippen molar-refractivity contribution in [3.8, 4) is 5.75 Å². The van der Waals surface area contributed by atoms with Crippen molar-refractivity contribution in [1.82, 2.24) is 14.8 Å². The Morgan fingerprint density at radius 3 is 3.12 bits per heavy atom. The van der Waals surface area contributed by atoms with Crippen LogP contribution in [0.4, 0.5) is 5.69 Å². The zero-order chi connectivity index (χ0) is 16.6. The maximum atomic E-state index is 11.9. The van der Waals surface area contributed by atoms with E-state index in [-0.39, 0.29) is 5.91 Å². The van der Waals surface area contributed by atoms with E-state index in [0.717, 1.165) is 5.56 Å². The molecule has 1 aromatic carbocycles. The number of nitrogens with one attached hydrogen (secondary N) is 1. The van der Waals surface area contributed by atoms with Crippen LogP contribution in [0, 0.1) is 0 Å². The molecular formula is C17H16N4O2S. The molecule has 6 nitrogen and oxygen atoms in total. The number of hydrogen-bond acceptors (Lipinski definition) is 5. The summed E-state index contributed by atoms with van der Waals surface area (Å²) in [4.78, 5) is 15.8. The third-order valence-electron chi connectivity index (χ3n) is 3.13. The van der Waals surface area contributed by atoms with Crippen molar-refractivity contribution in [2.24, 2.45) is 0 Å². The van der Waals surface area contributed by atoms with Gasteiger partial charge in [-0.1, -0.05) is 6.07 Å². The van der Waals surface area contributed by atoms with Crippen molar-refractivity contribution in [3.63, 3.8) is 0 Å². The Morgan fingerprint density at radius 2 is 2.33 bits per heavy atom. The van der Waals surface area contributed by atoms with E-state index in [1.165, 1.54) is 12.4 Å². The van der Waals surface area contributed by atoms with Gasteiger partial charge in [0, 0.05) is 17.8 Å². The second kappa shape index (κ2) is 8.07. The van der Waals surface area contributed by atoms with Crippen LogP contribution < -0.4 is 10.1 Å². The molecule has 1 amide bonds. The highest BCUT2D eigenvalue weighted by molar-refractivity contribution is 7.08. The molecule has 0 aliphatic rings. The third kappa shape index (κ3) is 4.79. The van der Waals surface area contributed by atoms with Gasteiger partial charge in [0.05, 0.1) is 6.54 Å². The Hall–Kier alpha value is -2.93. The zero-order valence-electron chi connectivity index (χ0n) is 12.8. The minimum atomic E-state index is -0.180. The zero-order valence-corrected chi connectivity index (χ0v) is 13.6. The van der Waals surface area contributed by atoms with Crippen LogP contribution in [0.25, 0.3) is 6.08 Å². The quantitative estimate of drug-likeness (QED) is 0.671. The van der Waals surface area contributed by atoms with Gasteiger partial charge in [0.2, 0.25) is 5.91 Å². The number of amides is 1. The average molecular weight is 340 g/mol. The van der Waals surface area contributed by atoms with Gasteiger partial charge in [-0.15, -0.1) is 0 Å². The summed E-state index contributed by atoms with van der Waals surface area (Å²) in [7, 11) is 0. The normalized spacial score (nSPS) is 10.8. The predicted molar refractivity (Wildman–Crippen MR) is 93.9 cm³/mol. The van der Waals surface area contributed by atoms with Gasteiger partial charge in [0.15, 0.2) is 0 Å². The molecule has 0 bridgehead atoms. The standard InChI is InChI=1S/C17H16N4O2S/c22-17(5-4-14-6-9-24-11-14)20-15-2-1-3-16(10-15)23-8-7-21-13-18-12-19-21/h1-6,9-13H,7-8H2,(H,20,22)/b5-4+. The number of carbonyl (C=O) groups is 1. The predicted octanol–water partition coefficient (Wildman–Crippen LogP) is 3.07. The molecule has 7 heteroatoms. The van der Waals surface area contributed by atoms with E-state index in [2.05, 4.69) is 15.4 Å². The Bertz CT molecular complexity index is 798. The highest BCUT2D eigenvalue weighted by Gasteiger charge is 2.01. The fraction of sp³-hybridized carbons (Fsp3) is 0.118. The van der Waals surface area contributed by atoms with Gasteiger partial charge in [-0.2, -0.15) is 16.4 Å². The lowest BCUT2D eigenvalue weighted by Crippen LogP contribution is -2.10. The topological polar surface area (TPSA) is 69.0 Å². The smallest absolute Gasteiger partial charge is 0.248 e. The minimum Gasteiger partial charge on any atom is -0.492 e. The first-order valence-corrected chi connectivity index (χ1v) is 8.30. The molecule has 0 aliphatic heterocycles. The van der Waals surface area contributed by atoms with Crippen LogP contribution in [0.5, 0.6) is 5.75 Å². The van der Waals surface area contributed by atoms with E-state index < -0.39 is 0 Å². The van der Waals surface area contributed by atoms with Gasteiger partial charge in [-0.3, -0.25) is 4.79 Å². The van der Waals surface area contributed by atoms with Crippen molar-refractivity contribution in [2.45, 2.75) is 6.54 Å². The number of thiophene rings is 1. The van der Waals surface area contributed by atoms with Gasteiger partial charge >= 0.3 is 0 Å². The molecule has 0 saturated heterocycles. The van der Waals surface area contributed by atoms with Gasteiger partial charge in [-0.05, 0) is 40.6 Å². The maximum absolute atomic E-state index is 11.9. The van der Waals surface area contributed by atoms with Crippen molar-refractivity contribution >= 4 is 29.0 Å². The Labute approximate surface area is 143 Å². The molecule has 0 saturated carbocycles. The second-order valence-corrected chi connectivity index (χ2v) is 5.69. The molecule has 3 rings (SSSR count). The number of nitrogens with zero attached hydrogens (tertiary/aromatic N) is 3. The minimum absolute atomic E-state index is 0.180. The molecule has 0 aliphatic carbocycles. The Morgan fingerprint density at radius 1 is 1.38 bits per heavy atom. The lowest BCUT2D eigenvalue weighted by atomic mass is 10.3. The van der Waals surface area contributed by atoms with Crippen LogP contribution in [0.1, 0.15) is 5.56 Å². The number of aromatic nitrogens is 3. The summed E-state index contributed by atoms with van der Waals surface area (Å²) in [6.07, 6.45) is 6.42. The van der Waals surface area contributed by atoms with E-state index >= 15 is 0 Å². The molecule has 3 aromatic rings. The fourth-order valence-corrected chi connectivity index (χ4v) is 2.62. The summed E-state index contributed by atoms with van der Waals surface area (Å²) in [6, 6.07) is 9.25. The van der Waals surface area contributed by atoms with Gasteiger partial charge in [0.25, 0.3) is 0 Å². The Balaban J connectivity index is 1.51. The molecule has 2 aromatic heterocycles. The first-order chi connectivity index (χ1) is 11.8. The van der Waals surface area contributed by atoms with Gasteiger partial charge in [-0.25, -0.2) is 9.67 Å². The molecular weight excluding hydrogens is 324 g/mol.